The standard InChI is InChI=1S/C25H20ClN3O3S/c1-17(12-18-6-3-2-4-7-18)15-27-28-25-29(16-21-8-5-11-32-21)24(31)23(33-25)14-19-13-20(26)9-10-22(19)30/h2-15,30H,16H2,1H3/b17-12+,23-14-,27-15+,28-25-. The predicted molar refractivity (Wildman–Crippen MR) is 134 cm³/mol. The summed E-state index contributed by atoms with van der Waals surface area (Å²) >= 11 is 7.22. The quantitative estimate of drug-likeness (QED) is 0.260. The third-order valence-electron chi connectivity index (χ3n) is 4.66. The molecule has 4 rings (SSSR count). The van der Waals surface area contributed by atoms with Gasteiger partial charge in [-0.05, 0) is 66.2 Å². The highest BCUT2D eigenvalue weighted by atomic mass is 35.5. The highest BCUT2D eigenvalue weighted by molar-refractivity contribution is 8.18. The number of allylic oxidation sites excluding steroid dienone is 1. The molecule has 1 saturated heterocycles. The zero-order valence-electron chi connectivity index (χ0n) is 17.7. The van der Waals surface area contributed by atoms with Crippen LogP contribution in [-0.4, -0.2) is 27.3 Å². The summed E-state index contributed by atoms with van der Waals surface area (Å²) in [4.78, 5) is 15.0. The van der Waals surface area contributed by atoms with Crippen molar-refractivity contribution in [3.8, 4) is 5.75 Å². The van der Waals surface area contributed by atoms with Crippen LogP contribution in [0.2, 0.25) is 5.02 Å². The van der Waals surface area contributed by atoms with Crippen LogP contribution in [0.15, 0.2) is 92.0 Å². The first-order valence-corrected chi connectivity index (χ1v) is 11.3. The lowest BCUT2D eigenvalue weighted by atomic mass is 10.1. The van der Waals surface area contributed by atoms with Crippen LogP contribution in [0.1, 0.15) is 23.8 Å². The molecule has 2 heterocycles. The predicted octanol–water partition coefficient (Wildman–Crippen LogP) is 6.20. The smallest absolute Gasteiger partial charge is 0.267 e. The number of aromatic hydroxyl groups is 1. The molecule has 0 unspecified atom stereocenters. The van der Waals surface area contributed by atoms with E-state index in [0.717, 1.165) is 11.1 Å². The molecule has 1 fully saturated rings. The molecule has 1 N–H and O–H groups in total. The SMILES string of the molecule is CC(/C=N/N=C1\S/C(=C\c2cc(Cl)ccc2O)C(=O)N1Cc1ccco1)=C\c1ccccc1. The molecule has 3 aromatic rings. The molecule has 1 aliphatic heterocycles. The van der Waals surface area contributed by atoms with Crippen LogP contribution in [-0.2, 0) is 11.3 Å². The Hall–Kier alpha value is -3.55. The number of phenolic OH excluding ortho intramolecular Hbond substituents is 1. The van der Waals surface area contributed by atoms with Crippen LogP contribution in [0.25, 0.3) is 12.2 Å². The Morgan fingerprint density at radius 2 is 2.00 bits per heavy atom. The highest BCUT2D eigenvalue weighted by Gasteiger charge is 2.34. The molecule has 1 aromatic heterocycles. The summed E-state index contributed by atoms with van der Waals surface area (Å²) in [6.45, 7) is 2.14. The monoisotopic (exact) mass is 477 g/mol. The van der Waals surface area contributed by atoms with Crippen molar-refractivity contribution in [2.75, 3.05) is 0 Å². The molecule has 8 heteroatoms. The van der Waals surface area contributed by atoms with Crippen LogP contribution in [0, 0.1) is 0 Å². The maximum Gasteiger partial charge on any atom is 0.267 e. The molecule has 0 aliphatic carbocycles. The number of phenols is 1. The van der Waals surface area contributed by atoms with Crippen molar-refractivity contribution >= 4 is 52.8 Å². The lowest BCUT2D eigenvalue weighted by Crippen LogP contribution is -2.28. The lowest BCUT2D eigenvalue weighted by molar-refractivity contribution is -0.122. The number of carbonyl (C=O) groups excluding carboxylic acids is 1. The molecule has 0 atom stereocenters. The summed E-state index contributed by atoms with van der Waals surface area (Å²) in [6, 6.07) is 18.1. The van der Waals surface area contributed by atoms with E-state index in [1.807, 2.05) is 43.3 Å². The maximum absolute atomic E-state index is 13.1. The van der Waals surface area contributed by atoms with Gasteiger partial charge in [0.1, 0.15) is 11.5 Å². The Kier molecular flexibility index (Phi) is 7.12. The second-order valence-electron chi connectivity index (χ2n) is 7.21. The van der Waals surface area contributed by atoms with Crippen molar-refractivity contribution in [1.29, 1.82) is 0 Å². The van der Waals surface area contributed by atoms with Crippen molar-refractivity contribution in [3.05, 3.63) is 99.3 Å². The van der Waals surface area contributed by atoms with Crippen molar-refractivity contribution in [3.63, 3.8) is 0 Å². The van der Waals surface area contributed by atoms with E-state index in [2.05, 4.69) is 10.2 Å². The number of rotatable bonds is 6. The number of benzene rings is 2. The van der Waals surface area contributed by atoms with E-state index in [1.165, 1.54) is 22.7 Å². The number of carbonyl (C=O) groups is 1. The van der Waals surface area contributed by atoms with Crippen LogP contribution in [0.5, 0.6) is 5.75 Å². The number of hydrogen-bond acceptors (Lipinski definition) is 6. The van der Waals surface area contributed by atoms with E-state index in [1.54, 1.807) is 42.8 Å². The van der Waals surface area contributed by atoms with E-state index < -0.39 is 0 Å². The Balaban J connectivity index is 1.61. The maximum atomic E-state index is 13.1. The van der Waals surface area contributed by atoms with Gasteiger partial charge in [-0.2, -0.15) is 5.10 Å². The fourth-order valence-corrected chi connectivity index (χ4v) is 4.19. The first-order valence-electron chi connectivity index (χ1n) is 10.1. The lowest BCUT2D eigenvalue weighted by Gasteiger charge is -2.12. The summed E-state index contributed by atoms with van der Waals surface area (Å²) in [6.07, 6.45) is 6.78. The Morgan fingerprint density at radius 3 is 2.76 bits per heavy atom. The highest BCUT2D eigenvalue weighted by Crippen LogP contribution is 2.35. The van der Waals surface area contributed by atoms with Gasteiger partial charge in [0.15, 0.2) is 5.17 Å². The summed E-state index contributed by atoms with van der Waals surface area (Å²) in [5.74, 6) is 0.386. The molecule has 166 valence electrons. The number of thioether (sulfide) groups is 1. The molecule has 1 amide bonds. The molecule has 33 heavy (non-hydrogen) atoms. The van der Waals surface area contributed by atoms with Crippen molar-refractivity contribution in [2.24, 2.45) is 10.2 Å². The minimum atomic E-state index is -0.263. The molecule has 0 radical (unpaired) electrons. The average Bonchev–Trinajstić information content (AvgIpc) is 3.41. The number of hydrogen-bond donors (Lipinski definition) is 1. The van der Waals surface area contributed by atoms with Gasteiger partial charge in [-0.1, -0.05) is 48.0 Å². The fourth-order valence-electron chi connectivity index (χ4n) is 3.08. The van der Waals surface area contributed by atoms with E-state index in [9.17, 15) is 9.90 Å². The molecule has 0 saturated carbocycles. The van der Waals surface area contributed by atoms with E-state index in [-0.39, 0.29) is 18.2 Å². The number of halogens is 1. The topological polar surface area (TPSA) is 78.4 Å². The summed E-state index contributed by atoms with van der Waals surface area (Å²) in [5, 5.41) is 19.5. The zero-order chi connectivity index (χ0) is 23.2. The minimum Gasteiger partial charge on any atom is -0.507 e. The summed E-state index contributed by atoms with van der Waals surface area (Å²) < 4.78 is 5.41. The van der Waals surface area contributed by atoms with Gasteiger partial charge in [-0.25, -0.2) is 0 Å². The van der Waals surface area contributed by atoms with Gasteiger partial charge < -0.3 is 9.52 Å². The fraction of sp³-hybridized carbons (Fsp3) is 0.0800. The molecular weight excluding hydrogens is 458 g/mol. The van der Waals surface area contributed by atoms with Gasteiger partial charge in [0, 0.05) is 10.6 Å². The van der Waals surface area contributed by atoms with Crippen LogP contribution < -0.4 is 0 Å². The van der Waals surface area contributed by atoms with E-state index in [4.69, 9.17) is 16.0 Å². The van der Waals surface area contributed by atoms with Gasteiger partial charge >= 0.3 is 0 Å². The second-order valence-corrected chi connectivity index (χ2v) is 8.66. The molecule has 1 aliphatic rings. The number of furan rings is 1. The largest absolute Gasteiger partial charge is 0.507 e. The second kappa shape index (κ2) is 10.4. The van der Waals surface area contributed by atoms with Gasteiger partial charge in [0.25, 0.3) is 5.91 Å². The van der Waals surface area contributed by atoms with Gasteiger partial charge in [0.2, 0.25) is 0 Å². The van der Waals surface area contributed by atoms with E-state index >= 15 is 0 Å². The summed E-state index contributed by atoms with van der Waals surface area (Å²) in [5.41, 5.74) is 2.42. The van der Waals surface area contributed by atoms with Crippen LogP contribution in [0.4, 0.5) is 0 Å². The third-order valence-corrected chi connectivity index (χ3v) is 5.89. The van der Waals surface area contributed by atoms with Gasteiger partial charge in [0.05, 0.1) is 23.9 Å². The number of nitrogens with zero attached hydrogens (tertiary/aromatic N) is 3. The summed E-state index contributed by atoms with van der Waals surface area (Å²) in [7, 11) is 0. The third kappa shape index (κ3) is 5.83. The van der Waals surface area contributed by atoms with Crippen molar-refractivity contribution < 1.29 is 14.3 Å². The average molecular weight is 478 g/mol. The van der Waals surface area contributed by atoms with Crippen LogP contribution >= 0.6 is 23.4 Å². The molecule has 0 spiro atoms. The Morgan fingerprint density at radius 1 is 1.18 bits per heavy atom. The van der Waals surface area contributed by atoms with Crippen molar-refractivity contribution in [2.45, 2.75) is 13.5 Å². The number of amidine groups is 1. The van der Waals surface area contributed by atoms with Crippen molar-refractivity contribution in [1.82, 2.24) is 4.90 Å². The van der Waals surface area contributed by atoms with Gasteiger partial charge in [-0.15, -0.1) is 5.10 Å². The van der Waals surface area contributed by atoms with Gasteiger partial charge in [-0.3, -0.25) is 9.69 Å². The molecule has 6 nitrogen and oxygen atoms in total. The Bertz CT molecular complexity index is 1270. The van der Waals surface area contributed by atoms with Crippen LogP contribution in [0.3, 0.4) is 0 Å². The zero-order valence-corrected chi connectivity index (χ0v) is 19.3. The molecule has 2 aromatic carbocycles. The Labute approximate surface area is 200 Å². The van der Waals surface area contributed by atoms with E-state index in [0.29, 0.717) is 26.4 Å². The first kappa shape index (κ1) is 22.6. The molecule has 0 bridgehead atoms. The first-order chi connectivity index (χ1) is 16.0. The minimum absolute atomic E-state index is 0.0305. The number of amides is 1. The molecular formula is C25H20ClN3O3S. The normalized spacial score (nSPS) is 17.1.